The normalized spacial score (nSPS) is 18.1. The summed E-state index contributed by atoms with van der Waals surface area (Å²) in [7, 11) is 0. The van der Waals surface area contributed by atoms with Gasteiger partial charge >= 0.3 is 6.03 Å². The molecule has 1 aliphatic rings. The summed E-state index contributed by atoms with van der Waals surface area (Å²) in [4.78, 5) is 14.1. The van der Waals surface area contributed by atoms with Gasteiger partial charge in [0.2, 0.25) is 0 Å². The molecule has 1 heterocycles. The van der Waals surface area contributed by atoms with Gasteiger partial charge < -0.3 is 20.1 Å². The number of aliphatic hydroxyl groups is 1. The Morgan fingerprint density at radius 1 is 1.43 bits per heavy atom. The minimum Gasteiger partial charge on any atom is -0.494 e. The number of hydrogen-bond acceptors (Lipinski definition) is 3. The van der Waals surface area contributed by atoms with E-state index < -0.39 is 5.60 Å². The molecule has 5 heteroatoms. The lowest BCUT2D eigenvalue weighted by Gasteiger charge is -2.33. The Morgan fingerprint density at radius 3 is 2.87 bits per heavy atom. The quantitative estimate of drug-likeness (QED) is 0.847. The molecule has 0 unspecified atom stereocenters. The molecule has 0 bridgehead atoms. The molecule has 2 N–H and O–H groups in total. The molecule has 1 saturated heterocycles. The summed E-state index contributed by atoms with van der Waals surface area (Å²) in [5.74, 6) is 0.875. The third-order valence-electron chi connectivity index (χ3n) is 4.27. The molecule has 1 fully saturated rings. The van der Waals surface area contributed by atoms with Crippen molar-refractivity contribution in [3.63, 3.8) is 0 Å². The van der Waals surface area contributed by atoms with Crippen LogP contribution in [0.1, 0.15) is 39.2 Å². The SMILES string of the molecule is CCOc1ccccc1CCNC(=O)N1CCC[C@H]1C(C)(C)O. The molecule has 23 heavy (non-hydrogen) atoms. The number of carbonyl (C=O) groups excluding carboxylic acids is 1. The summed E-state index contributed by atoms with van der Waals surface area (Å²) in [6, 6.07) is 7.69. The zero-order valence-electron chi connectivity index (χ0n) is 14.3. The second-order valence-electron chi connectivity index (χ2n) is 6.53. The maximum Gasteiger partial charge on any atom is 0.317 e. The van der Waals surface area contributed by atoms with Crippen LogP contribution in [0.5, 0.6) is 5.75 Å². The number of rotatable bonds is 6. The maximum absolute atomic E-state index is 12.4. The molecule has 5 nitrogen and oxygen atoms in total. The summed E-state index contributed by atoms with van der Waals surface area (Å²) in [5.41, 5.74) is 0.227. The van der Waals surface area contributed by atoms with Crippen molar-refractivity contribution < 1.29 is 14.6 Å². The summed E-state index contributed by atoms with van der Waals surface area (Å²) >= 11 is 0. The van der Waals surface area contributed by atoms with Gasteiger partial charge in [-0.15, -0.1) is 0 Å². The second kappa shape index (κ2) is 7.68. The second-order valence-corrected chi connectivity index (χ2v) is 6.53. The van der Waals surface area contributed by atoms with Crippen molar-refractivity contribution in [1.82, 2.24) is 10.2 Å². The van der Waals surface area contributed by atoms with Gasteiger partial charge in [-0.3, -0.25) is 0 Å². The van der Waals surface area contributed by atoms with Gasteiger partial charge in [0.1, 0.15) is 5.75 Å². The third kappa shape index (κ3) is 4.61. The molecule has 1 atom stereocenters. The van der Waals surface area contributed by atoms with Gasteiger partial charge in [0.25, 0.3) is 0 Å². The van der Waals surface area contributed by atoms with Crippen LogP contribution in [0.4, 0.5) is 4.79 Å². The van der Waals surface area contributed by atoms with Crippen molar-refractivity contribution in [2.75, 3.05) is 19.7 Å². The van der Waals surface area contributed by atoms with E-state index in [2.05, 4.69) is 5.32 Å². The van der Waals surface area contributed by atoms with E-state index in [0.717, 1.165) is 30.6 Å². The van der Waals surface area contributed by atoms with Crippen molar-refractivity contribution in [3.8, 4) is 5.75 Å². The van der Waals surface area contributed by atoms with E-state index in [0.29, 0.717) is 19.7 Å². The Balaban J connectivity index is 1.88. The predicted molar refractivity (Wildman–Crippen MR) is 90.7 cm³/mol. The van der Waals surface area contributed by atoms with Crippen LogP contribution < -0.4 is 10.1 Å². The number of hydrogen-bond donors (Lipinski definition) is 2. The van der Waals surface area contributed by atoms with Gasteiger partial charge in [0.05, 0.1) is 18.2 Å². The van der Waals surface area contributed by atoms with Crippen LogP contribution in [-0.4, -0.2) is 47.4 Å². The average Bonchev–Trinajstić information content (AvgIpc) is 2.99. The Morgan fingerprint density at radius 2 is 2.17 bits per heavy atom. The van der Waals surface area contributed by atoms with E-state index in [4.69, 9.17) is 4.74 Å². The summed E-state index contributed by atoms with van der Waals surface area (Å²) in [6.45, 7) is 7.38. The first-order valence-corrected chi connectivity index (χ1v) is 8.41. The van der Waals surface area contributed by atoms with Gasteiger partial charge in [-0.2, -0.15) is 0 Å². The van der Waals surface area contributed by atoms with Gasteiger partial charge in [0.15, 0.2) is 0 Å². The van der Waals surface area contributed by atoms with Crippen LogP contribution in [0.15, 0.2) is 24.3 Å². The monoisotopic (exact) mass is 320 g/mol. The van der Waals surface area contributed by atoms with E-state index in [1.54, 1.807) is 18.7 Å². The molecule has 1 aliphatic heterocycles. The van der Waals surface area contributed by atoms with Crippen molar-refractivity contribution in [2.45, 2.75) is 51.7 Å². The van der Waals surface area contributed by atoms with Crippen LogP contribution in [0.2, 0.25) is 0 Å². The van der Waals surface area contributed by atoms with Gasteiger partial charge in [-0.05, 0) is 51.7 Å². The van der Waals surface area contributed by atoms with E-state index in [1.807, 2.05) is 31.2 Å². The average molecular weight is 320 g/mol. The van der Waals surface area contributed by atoms with Crippen molar-refractivity contribution >= 4 is 6.03 Å². The Kier molecular flexibility index (Phi) is 5.88. The summed E-state index contributed by atoms with van der Waals surface area (Å²) < 4.78 is 5.60. The zero-order chi connectivity index (χ0) is 16.9. The number of ether oxygens (including phenoxy) is 1. The van der Waals surface area contributed by atoms with Crippen LogP contribution in [0.25, 0.3) is 0 Å². The van der Waals surface area contributed by atoms with Gasteiger partial charge in [-0.1, -0.05) is 18.2 Å². The number of amides is 2. The molecule has 0 aliphatic carbocycles. The van der Waals surface area contributed by atoms with E-state index in [-0.39, 0.29) is 12.1 Å². The minimum absolute atomic E-state index is 0.0940. The number of likely N-dealkylation sites (tertiary alicyclic amines) is 1. The first-order chi connectivity index (χ1) is 10.9. The summed E-state index contributed by atoms with van der Waals surface area (Å²) in [5, 5.41) is 13.2. The van der Waals surface area contributed by atoms with Gasteiger partial charge in [-0.25, -0.2) is 4.79 Å². The highest BCUT2D eigenvalue weighted by atomic mass is 16.5. The minimum atomic E-state index is -0.866. The highest BCUT2D eigenvalue weighted by Crippen LogP contribution is 2.26. The molecule has 0 spiro atoms. The van der Waals surface area contributed by atoms with Crippen molar-refractivity contribution in [1.29, 1.82) is 0 Å². The fraction of sp³-hybridized carbons (Fsp3) is 0.611. The predicted octanol–water partition coefficient (Wildman–Crippen LogP) is 2.57. The summed E-state index contributed by atoms with van der Waals surface area (Å²) in [6.07, 6.45) is 2.52. The molecule has 1 aromatic rings. The largest absolute Gasteiger partial charge is 0.494 e. The van der Waals surface area contributed by atoms with E-state index in [1.165, 1.54) is 0 Å². The highest BCUT2D eigenvalue weighted by Gasteiger charge is 2.38. The molecule has 0 aromatic heterocycles. The number of para-hydroxylation sites is 1. The van der Waals surface area contributed by atoms with Crippen molar-refractivity contribution in [2.24, 2.45) is 0 Å². The number of carbonyl (C=O) groups is 1. The maximum atomic E-state index is 12.4. The fourth-order valence-corrected chi connectivity index (χ4v) is 3.16. The third-order valence-corrected chi connectivity index (χ3v) is 4.27. The highest BCUT2D eigenvalue weighted by molar-refractivity contribution is 5.75. The van der Waals surface area contributed by atoms with E-state index >= 15 is 0 Å². The molecular weight excluding hydrogens is 292 g/mol. The number of benzene rings is 1. The standard InChI is InChI=1S/C18H28N2O3/c1-4-23-15-9-6-5-8-14(15)11-12-19-17(21)20-13-7-10-16(20)18(2,3)22/h5-6,8-9,16,22H,4,7,10-13H2,1-3H3,(H,19,21)/t16-/m0/s1. The van der Waals surface area contributed by atoms with Gasteiger partial charge in [0, 0.05) is 13.1 Å². The van der Waals surface area contributed by atoms with Crippen molar-refractivity contribution in [3.05, 3.63) is 29.8 Å². The van der Waals surface area contributed by atoms with Crippen LogP contribution in [-0.2, 0) is 6.42 Å². The number of urea groups is 1. The molecule has 0 saturated carbocycles. The van der Waals surface area contributed by atoms with E-state index in [9.17, 15) is 9.90 Å². The molecule has 0 radical (unpaired) electrons. The number of nitrogens with zero attached hydrogens (tertiary/aromatic N) is 1. The first-order valence-electron chi connectivity index (χ1n) is 8.41. The molecule has 1 aromatic carbocycles. The van der Waals surface area contributed by atoms with Crippen LogP contribution in [0, 0.1) is 0 Å². The lowest BCUT2D eigenvalue weighted by molar-refractivity contribution is 0.00986. The Bertz CT molecular complexity index is 525. The number of nitrogens with one attached hydrogen (secondary N) is 1. The molecule has 2 amide bonds. The first kappa shape index (κ1) is 17.6. The zero-order valence-corrected chi connectivity index (χ0v) is 14.3. The Labute approximate surface area is 138 Å². The topological polar surface area (TPSA) is 61.8 Å². The molecule has 2 rings (SSSR count). The molecule has 128 valence electrons. The van der Waals surface area contributed by atoms with Crippen LogP contribution >= 0.6 is 0 Å². The fourth-order valence-electron chi connectivity index (χ4n) is 3.16. The smallest absolute Gasteiger partial charge is 0.317 e. The lowest BCUT2D eigenvalue weighted by atomic mass is 9.97. The lowest BCUT2D eigenvalue weighted by Crippen LogP contribution is -2.51. The Hall–Kier alpha value is -1.75. The van der Waals surface area contributed by atoms with Crippen LogP contribution in [0.3, 0.4) is 0 Å². The molecular formula is C18H28N2O3.